The highest BCUT2D eigenvalue weighted by Crippen LogP contribution is 2.23. The minimum Gasteiger partial charge on any atom is -0.343 e. The predicted molar refractivity (Wildman–Crippen MR) is 105 cm³/mol. The van der Waals surface area contributed by atoms with Gasteiger partial charge in [0.05, 0.1) is 5.69 Å². The molecule has 4 rings (SSSR count). The van der Waals surface area contributed by atoms with Crippen LogP contribution in [-0.4, -0.2) is 58.2 Å². The number of hydrogen-bond acceptors (Lipinski definition) is 4. The second-order valence-electron chi connectivity index (χ2n) is 8.71. The lowest BCUT2D eigenvalue weighted by Crippen LogP contribution is -2.40. The number of aromatic nitrogens is 2. The van der Waals surface area contributed by atoms with E-state index in [0.717, 1.165) is 77.1 Å². The maximum Gasteiger partial charge on any atom is 0.267 e. The summed E-state index contributed by atoms with van der Waals surface area (Å²) < 4.78 is 1.73. The molecule has 1 aromatic heterocycles. The number of fused-ring (bicyclic) bond motifs is 1. The molecule has 148 valence electrons. The van der Waals surface area contributed by atoms with E-state index in [-0.39, 0.29) is 11.5 Å². The highest BCUT2D eigenvalue weighted by Gasteiger charge is 2.28. The van der Waals surface area contributed by atoms with E-state index in [2.05, 4.69) is 10.00 Å². The second kappa shape index (κ2) is 8.13. The summed E-state index contributed by atoms with van der Waals surface area (Å²) in [6.45, 7) is 7.58. The normalized spacial score (nSPS) is 24.2. The third kappa shape index (κ3) is 4.42. The Hall–Kier alpha value is -1.69. The minimum atomic E-state index is 0.0772. The molecule has 1 unspecified atom stereocenters. The van der Waals surface area contributed by atoms with Crippen LogP contribution < -0.4 is 5.56 Å². The van der Waals surface area contributed by atoms with Gasteiger partial charge in [-0.3, -0.25) is 9.59 Å². The molecule has 0 radical (unpaired) electrons. The molecule has 1 atom stereocenters. The fourth-order valence-electron chi connectivity index (χ4n) is 4.96. The predicted octanol–water partition coefficient (Wildman–Crippen LogP) is 1.70. The largest absolute Gasteiger partial charge is 0.343 e. The molecule has 1 aromatic rings. The van der Waals surface area contributed by atoms with E-state index >= 15 is 0 Å². The zero-order valence-electron chi connectivity index (χ0n) is 16.5. The van der Waals surface area contributed by atoms with Crippen LogP contribution in [-0.2, 0) is 24.2 Å². The summed E-state index contributed by atoms with van der Waals surface area (Å²) in [5.41, 5.74) is 2.40. The monoisotopic (exact) mass is 372 g/mol. The Labute approximate surface area is 161 Å². The van der Waals surface area contributed by atoms with Crippen LogP contribution >= 0.6 is 0 Å². The van der Waals surface area contributed by atoms with Crippen molar-refractivity contribution < 1.29 is 4.79 Å². The van der Waals surface area contributed by atoms with Gasteiger partial charge in [-0.1, -0.05) is 0 Å². The van der Waals surface area contributed by atoms with E-state index in [0.29, 0.717) is 11.8 Å². The number of piperidine rings is 1. The Kier molecular flexibility index (Phi) is 5.62. The first-order valence-corrected chi connectivity index (χ1v) is 10.7. The highest BCUT2D eigenvalue weighted by molar-refractivity contribution is 5.73. The molecule has 0 spiro atoms. The van der Waals surface area contributed by atoms with Crippen LogP contribution in [0.5, 0.6) is 0 Å². The van der Waals surface area contributed by atoms with E-state index in [9.17, 15) is 9.59 Å². The fraction of sp³-hybridized carbons (Fsp3) is 0.762. The summed E-state index contributed by atoms with van der Waals surface area (Å²) in [6, 6.07) is 1.83. The summed E-state index contributed by atoms with van der Waals surface area (Å²) in [5.74, 6) is 1.37. The summed E-state index contributed by atoms with van der Waals surface area (Å²) in [4.78, 5) is 28.4. The van der Waals surface area contributed by atoms with Crippen LogP contribution in [0, 0.1) is 11.8 Å². The first-order chi connectivity index (χ1) is 13.1. The molecule has 1 amide bonds. The summed E-state index contributed by atoms with van der Waals surface area (Å²) in [5, 5.41) is 4.69. The van der Waals surface area contributed by atoms with Gasteiger partial charge in [0, 0.05) is 39.2 Å². The third-order valence-corrected chi connectivity index (χ3v) is 6.66. The van der Waals surface area contributed by atoms with Gasteiger partial charge in [-0.05, 0) is 75.4 Å². The molecule has 2 saturated heterocycles. The zero-order valence-corrected chi connectivity index (χ0v) is 16.5. The second-order valence-corrected chi connectivity index (χ2v) is 8.71. The first-order valence-electron chi connectivity index (χ1n) is 10.7. The number of rotatable bonds is 4. The molecule has 3 heterocycles. The number of likely N-dealkylation sites (tertiary alicyclic amines) is 2. The van der Waals surface area contributed by atoms with Crippen LogP contribution in [0.3, 0.4) is 0 Å². The topological polar surface area (TPSA) is 58.4 Å². The molecule has 2 aliphatic heterocycles. The van der Waals surface area contributed by atoms with Crippen LogP contribution in [0.1, 0.15) is 50.3 Å². The van der Waals surface area contributed by atoms with E-state index in [4.69, 9.17) is 0 Å². The molecular formula is C21H32N4O2. The van der Waals surface area contributed by atoms with Gasteiger partial charge in [-0.2, -0.15) is 5.10 Å². The lowest BCUT2D eigenvalue weighted by atomic mass is 9.95. The van der Waals surface area contributed by atoms with Gasteiger partial charge >= 0.3 is 0 Å². The Morgan fingerprint density at radius 2 is 1.81 bits per heavy atom. The van der Waals surface area contributed by atoms with Crippen molar-refractivity contribution in [2.24, 2.45) is 11.8 Å². The lowest BCUT2D eigenvalue weighted by Gasteiger charge is -2.33. The average Bonchev–Trinajstić information content (AvgIpc) is 3.13. The van der Waals surface area contributed by atoms with Crippen molar-refractivity contribution in [3.8, 4) is 0 Å². The Morgan fingerprint density at radius 1 is 1.07 bits per heavy atom. The third-order valence-electron chi connectivity index (χ3n) is 6.66. The Morgan fingerprint density at radius 3 is 2.56 bits per heavy atom. The van der Waals surface area contributed by atoms with Gasteiger partial charge in [0.25, 0.3) is 5.56 Å². The van der Waals surface area contributed by atoms with Crippen molar-refractivity contribution in [3.05, 3.63) is 27.7 Å². The number of nitrogens with zero attached hydrogens (tertiary/aromatic N) is 4. The average molecular weight is 373 g/mol. The minimum absolute atomic E-state index is 0.0772. The van der Waals surface area contributed by atoms with E-state index in [1.165, 1.54) is 18.4 Å². The summed E-state index contributed by atoms with van der Waals surface area (Å²) in [6.07, 6.45) is 7.81. The molecular weight excluding hydrogens is 340 g/mol. The van der Waals surface area contributed by atoms with Crippen molar-refractivity contribution in [1.82, 2.24) is 19.6 Å². The fourth-order valence-corrected chi connectivity index (χ4v) is 4.96. The SMILES string of the molecule is CC(=O)N1CCC(CN2CCC(Cn3nc4c(cc3=O)CCCC4)CC2)C1. The number of amides is 1. The molecule has 0 aromatic carbocycles. The molecule has 0 saturated carbocycles. The van der Waals surface area contributed by atoms with Crippen LogP contribution in [0.15, 0.2) is 10.9 Å². The van der Waals surface area contributed by atoms with Crippen molar-refractivity contribution in [1.29, 1.82) is 0 Å². The summed E-state index contributed by atoms with van der Waals surface area (Å²) >= 11 is 0. The van der Waals surface area contributed by atoms with Gasteiger partial charge in [0.1, 0.15) is 0 Å². The molecule has 2 fully saturated rings. The Balaban J connectivity index is 1.28. The van der Waals surface area contributed by atoms with Gasteiger partial charge in [0.15, 0.2) is 0 Å². The molecule has 3 aliphatic rings. The van der Waals surface area contributed by atoms with Crippen LogP contribution in [0.4, 0.5) is 0 Å². The number of aryl methyl sites for hydroxylation is 2. The van der Waals surface area contributed by atoms with Gasteiger partial charge in [-0.25, -0.2) is 4.68 Å². The highest BCUT2D eigenvalue weighted by atomic mass is 16.2. The molecule has 1 aliphatic carbocycles. The van der Waals surface area contributed by atoms with Crippen molar-refractivity contribution in [3.63, 3.8) is 0 Å². The van der Waals surface area contributed by atoms with E-state index < -0.39 is 0 Å². The molecule has 6 nitrogen and oxygen atoms in total. The summed E-state index contributed by atoms with van der Waals surface area (Å²) in [7, 11) is 0. The smallest absolute Gasteiger partial charge is 0.267 e. The lowest BCUT2D eigenvalue weighted by molar-refractivity contribution is -0.127. The van der Waals surface area contributed by atoms with Crippen LogP contribution in [0.25, 0.3) is 0 Å². The molecule has 27 heavy (non-hydrogen) atoms. The van der Waals surface area contributed by atoms with Gasteiger partial charge < -0.3 is 9.80 Å². The van der Waals surface area contributed by atoms with E-state index in [1.807, 2.05) is 11.0 Å². The Bertz CT molecular complexity index is 736. The molecule has 6 heteroatoms. The number of hydrogen-bond donors (Lipinski definition) is 0. The van der Waals surface area contributed by atoms with Gasteiger partial charge in [0.2, 0.25) is 5.91 Å². The molecule has 0 bridgehead atoms. The zero-order chi connectivity index (χ0) is 18.8. The van der Waals surface area contributed by atoms with Crippen LogP contribution in [0.2, 0.25) is 0 Å². The quantitative estimate of drug-likeness (QED) is 0.807. The standard InChI is InChI=1S/C21H32N4O2/c1-16(26)24-11-8-18(14-24)13-23-9-6-17(7-10-23)15-25-21(27)12-19-4-2-3-5-20(19)22-25/h12,17-18H,2-11,13-15H2,1H3. The van der Waals surface area contributed by atoms with E-state index in [1.54, 1.807) is 11.6 Å². The first kappa shape index (κ1) is 18.7. The maximum atomic E-state index is 12.4. The van der Waals surface area contributed by atoms with Crippen molar-refractivity contribution >= 4 is 5.91 Å². The van der Waals surface area contributed by atoms with Crippen molar-refractivity contribution in [2.75, 3.05) is 32.7 Å². The van der Waals surface area contributed by atoms with Crippen molar-refractivity contribution in [2.45, 2.75) is 58.4 Å². The molecule has 0 N–H and O–H groups in total. The maximum absolute atomic E-state index is 12.4. The number of carbonyl (C=O) groups is 1. The number of carbonyl (C=O) groups excluding carboxylic acids is 1. The van der Waals surface area contributed by atoms with Gasteiger partial charge in [-0.15, -0.1) is 0 Å².